The van der Waals surface area contributed by atoms with Crippen molar-refractivity contribution in [1.82, 2.24) is 5.32 Å². The normalized spacial score (nSPS) is 10.9. The smallest absolute Gasteiger partial charge is 0.0991 e. The van der Waals surface area contributed by atoms with E-state index in [0.717, 1.165) is 47.3 Å². The molecule has 0 unspecified atom stereocenters. The van der Waals surface area contributed by atoms with Gasteiger partial charge in [-0.25, -0.2) is 0 Å². The van der Waals surface area contributed by atoms with Gasteiger partial charge >= 0.3 is 0 Å². The number of aryl methyl sites for hydroxylation is 2. The second-order valence-corrected chi connectivity index (χ2v) is 9.31. The number of nitriles is 1. The molecular formula is C34H48N4. The minimum Gasteiger partial charge on any atom is -0.390 e. The van der Waals surface area contributed by atoms with Crippen LogP contribution in [0.2, 0.25) is 0 Å². The summed E-state index contributed by atoms with van der Waals surface area (Å²) in [4.78, 5) is 0. The molecule has 0 bridgehead atoms. The molecule has 2 rings (SSSR count). The fourth-order valence-electron chi connectivity index (χ4n) is 4.05. The molecule has 0 spiro atoms. The van der Waals surface area contributed by atoms with Crippen LogP contribution < -0.4 is 11.1 Å². The zero-order valence-corrected chi connectivity index (χ0v) is 25.3. The predicted molar refractivity (Wildman–Crippen MR) is 168 cm³/mol. The molecule has 0 saturated heterocycles. The number of rotatable bonds is 8. The lowest BCUT2D eigenvalue weighted by Crippen LogP contribution is -2.15. The number of hydrogen-bond donors (Lipinski definition) is 3. The molecular weight excluding hydrogens is 464 g/mol. The topological polar surface area (TPSA) is 85.7 Å². The summed E-state index contributed by atoms with van der Waals surface area (Å²) < 4.78 is 0. The van der Waals surface area contributed by atoms with Crippen LogP contribution in [0.4, 0.5) is 0 Å². The van der Waals surface area contributed by atoms with Gasteiger partial charge in [0.25, 0.3) is 0 Å². The second-order valence-electron chi connectivity index (χ2n) is 9.31. The Morgan fingerprint density at radius 3 is 2.00 bits per heavy atom. The molecule has 4 N–H and O–H groups in total. The first kappa shape index (κ1) is 34.2. The minimum absolute atomic E-state index is 0.674. The first-order valence-corrected chi connectivity index (χ1v) is 13.2. The highest BCUT2D eigenvalue weighted by atomic mass is 14.9. The molecule has 0 aliphatic rings. The lowest BCUT2D eigenvalue weighted by atomic mass is 9.88. The Bertz CT molecular complexity index is 1210. The van der Waals surface area contributed by atoms with Crippen LogP contribution in [0.25, 0.3) is 11.1 Å². The Balaban J connectivity index is 0.00000255. The lowest BCUT2D eigenvalue weighted by molar-refractivity contribution is 0.798. The molecule has 0 aliphatic heterocycles. The highest BCUT2D eigenvalue weighted by Gasteiger charge is 2.12. The molecule has 2 aromatic carbocycles. The number of nitrogens with zero attached hydrogens (tertiary/aromatic N) is 1. The zero-order valence-electron chi connectivity index (χ0n) is 25.3. The summed E-state index contributed by atoms with van der Waals surface area (Å²) in [6.45, 7) is 26.5. The molecule has 0 saturated carbocycles. The van der Waals surface area contributed by atoms with E-state index in [1.54, 1.807) is 0 Å². The maximum Gasteiger partial charge on any atom is 0.0991 e. The molecule has 0 fully saturated rings. The number of allylic oxidation sites excluding steroid dienone is 6. The standard InChI is InChI=1S/C31H38N2.C2H6.CH4N2/c1-20(2)30(31-22(4)11-10-21(3)26(31)8)16-17-33-27(9)25(7)23(5)18-24(6)29-14-12-28(19-32)13-15-29;1-2;2-1-3/h10-15,18,33H,5,16-17H2,1-4,6-9H3;1-2H3;1H,(H3,2,3)/b24-18+,27-25+;;. The van der Waals surface area contributed by atoms with Crippen molar-refractivity contribution < 1.29 is 0 Å². The largest absolute Gasteiger partial charge is 0.390 e. The maximum atomic E-state index is 8.99. The quantitative estimate of drug-likeness (QED) is 0.188. The van der Waals surface area contributed by atoms with Crippen molar-refractivity contribution in [3.05, 3.63) is 105 Å². The summed E-state index contributed by atoms with van der Waals surface area (Å²) in [5.74, 6) is 0. The maximum absolute atomic E-state index is 8.99. The van der Waals surface area contributed by atoms with Gasteiger partial charge in [-0.1, -0.05) is 56.3 Å². The molecule has 0 radical (unpaired) electrons. The van der Waals surface area contributed by atoms with Gasteiger partial charge in [0.05, 0.1) is 18.0 Å². The summed E-state index contributed by atoms with van der Waals surface area (Å²) >= 11 is 0. The lowest BCUT2D eigenvalue weighted by Gasteiger charge is -2.19. The molecule has 2 aromatic rings. The van der Waals surface area contributed by atoms with Gasteiger partial charge in [0, 0.05) is 12.2 Å². The van der Waals surface area contributed by atoms with Gasteiger partial charge < -0.3 is 11.1 Å². The van der Waals surface area contributed by atoms with E-state index in [-0.39, 0.29) is 0 Å². The Morgan fingerprint density at radius 1 is 0.974 bits per heavy atom. The minimum atomic E-state index is 0.674. The molecule has 204 valence electrons. The van der Waals surface area contributed by atoms with E-state index in [0.29, 0.717) is 5.56 Å². The molecule has 0 aliphatic carbocycles. The van der Waals surface area contributed by atoms with Crippen LogP contribution in [0.5, 0.6) is 0 Å². The summed E-state index contributed by atoms with van der Waals surface area (Å²) in [5, 5.41) is 18.5. The number of nitrogens with two attached hydrogens (primary N) is 1. The van der Waals surface area contributed by atoms with Crippen LogP contribution in [0, 0.1) is 37.5 Å². The van der Waals surface area contributed by atoms with Crippen LogP contribution in [-0.4, -0.2) is 12.9 Å². The van der Waals surface area contributed by atoms with Gasteiger partial charge in [-0.3, -0.25) is 5.41 Å². The van der Waals surface area contributed by atoms with Crippen molar-refractivity contribution in [2.45, 2.75) is 75.7 Å². The molecule has 0 atom stereocenters. The van der Waals surface area contributed by atoms with Crippen LogP contribution >= 0.6 is 0 Å². The molecule has 0 amide bonds. The average Bonchev–Trinajstić information content (AvgIpc) is 2.90. The second kappa shape index (κ2) is 17.6. The molecule has 0 heterocycles. The number of benzene rings is 2. The highest BCUT2D eigenvalue weighted by Crippen LogP contribution is 2.30. The fourth-order valence-corrected chi connectivity index (χ4v) is 4.05. The number of hydrogen-bond acceptors (Lipinski definition) is 3. The Morgan fingerprint density at radius 2 is 1.50 bits per heavy atom. The molecule has 38 heavy (non-hydrogen) atoms. The van der Waals surface area contributed by atoms with E-state index in [9.17, 15) is 0 Å². The third kappa shape index (κ3) is 10.3. The van der Waals surface area contributed by atoms with Gasteiger partial charge in [0.2, 0.25) is 0 Å². The first-order chi connectivity index (χ1) is 18.0. The molecule has 0 aromatic heterocycles. The molecule has 4 nitrogen and oxygen atoms in total. The van der Waals surface area contributed by atoms with E-state index in [2.05, 4.69) is 97.3 Å². The van der Waals surface area contributed by atoms with Crippen molar-refractivity contribution in [3.8, 4) is 6.07 Å². The summed E-state index contributed by atoms with van der Waals surface area (Å²) in [5.41, 5.74) is 18.9. The van der Waals surface area contributed by atoms with Crippen LogP contribution in [-0.2, 0) is 0 Å². The Labute approximate surface area is 232 Å². The summed E-state index contributed by atoms with van der Waals surface area (Å²) in [7, 11) is 0. The third-order valence-electron chi connectivity index (χ3n) is 6.52. The van der Waals surface area contributed by atoms with E-state index < -0.39 is 0 Å². The van der Waals surface area contributed by atoms with E-state index >= 15 is 0 Å². The van der Waals surface area contributed by atoms with Crippen LogP contribution in [0.1, 0.15) is 88.3 Å². The van der Waals surface area contributed by atoms with Gasteiger partial charge in [-0.2, -0.15) is 5.26 Å². The Kier molecular flexibility index (Phi) is 15.8. The SMILES string of the molecule is C=C(/C=C(\C)c1ccc(C#N)cc1)/C(C)=C(\C)NCCC(=C(C)C)c1c(C)ccc(C)c1C.CC.N=CN. The predicted octanol–water partition coefficient (Wildman–Crippen LogP) is 8.79. The van der Waals surface area contributed by atoms with Gasteiger partial charge in [0.15, 0.2) is 0 Å². The zero-order chi connectivity index (χ0) is 29.4. The van der Waals surface area contributed by atoms with E-state index in [4.69, 9.17) is 10.7 Å². The van der Waals surface area contributed by atoms with Gasteiger partial charge in [0.1, 0.15) is 0 Å². The summed E-state index contributed by atoms with van der Waals surface area (Å²) in [6, 6.07) is 14.3. The monoisotopic (exact) mass is 512 g/mol. The van der Waals surface area contributed by atoms with Crippen molar-refractivity contribution in [1.29, 1.82) is 10.7 Å². The van der Waals surface area contributed by atoms with E-state index in [1.807, 2.05) is 38.1 Å². The first-order valence-electron chi connectivity index (χ1n) is 13.2. The average molecular weight is 513 g/mol. The van der Waals surface area contributed by atoms with Crippen molar-refractivity contribution in [2.24, 2.45) is 5.73 Å². The fraction of sp³-hybridized carbons (Fsp3) is 0.353. The van der Waals surface area contributed by atoms with Crippen LogP contribution in [0.15, 0.2) is 71.5 Å². The van der Waals surface area contributed by atoms with Crippen molar-refractivity contribution in [3.63, 3.8) is 0 Å². The van der Waals surface area contributed by atoms with Crippen molar-refractivity contribution >= 4 is 17.5 Å². The van der Waals surface area contributed by atoms with Crippen molar-refractivity contribution in [2.75, 3.05) is 6.54 Å². The Hall–Kier alpha value is -3.84. The highest BCUT2D eigenvalue weighted by molar-refractivity contribution is 5.74. The molecule has 4 heteroatoms. The van der Waals surface area contributed by atoms with Gasteiger partial charge in [-0.15, -0.1) is 0 Å². The third-order valence-corrected chi connectivity index (χ3v) is 6.52. The number of nitrogens with one attached hydrogen (secondary N) is 2. The summed E-state index contributed by atoms with van der Waals surface area (Å²) in [6.07, 6.45) is 3.84. The van der Waals surface area contributed by atoms with E-state index in [1.165, 1.54) is 33.4 Å². The van der Waals surface area contributed by atoms with Crippen LogP contribution in [0.3, 0.4) is 0 Å². The van der Waals surface area contributed by atoms with Gasteiger partial charge in [-0.05, 0) is 124 Å².